The van der Waals surface area contributed by atoms with Gasteiger partial charge in [0.15, 0.2) is 5.76 Å². The molecular weight excluding hydrogens is 318 g/mol. The molecule has 2 aromatic heterocycles. The lowest BCUT2D eigenvalue weighted by Crippen LogP contribution is -2.38. The highest BCUT2D eigenvalue weighted by molar-refractivity contribution is 5.95. The Balaban J connectivity index is 1.73. The summed E-state index contributed by atoms with van der Waals surface area (Å²) in [5.41, 5.74) is 2.39. The normalized spacial score (nSPS) is 15.2. The minimum absolute atomic E-state index is 0.0791. The molecular formula is C19H23N3O3. The predicted molar refractivity (Wildman–Crippen MR) is 93.6 cm³/mol. The van der Waals surface area contributed by atoms with Crippen LogP contribution in [0.2, 0.25) is 0 Å². The second kappa shape index (κ2) is 7.51. The Bertz CT molecular complexity index is 747. The minimum atomic E-state index is -0.0842. The molecule has 2 amide bonds. The number of piperidine rings is 1. The number of nitrogens with zero attached hydrogens (tertiary/aromatic N) is 2. The number of rotatable bonds is 4. The number of pyridine rings is 1. The first-order chi connectivity index (χ1) is 12.1. The van der Waals surface area contributed by atoms with E-state index in [2.05, 4.69) is 10.3 Å². The van der Waals surface area contributed by atoms with Gasteiger partial charge in [-0.15, -0.1) is 0 Å². The van der Waals surface area contributed by atoms with Crippen molar-refractivity contribution >= 4 is 11.8 Å². The molecule has 2 aromatic rings. The number of carbonyl (C=O) groups excluding carboxylic acids is 2. The van der Waals surface area contributed by atoms with Crippen LogP contribution in [0.4, 0.5) is 0 Å². The number of amides is 2. The number of likely N-dealkylation sites (tertiary alicyclic amines) is 1. The van der Waals surface area contributed by atoms with Crippen molar-refractivity contribution in [1.82, 2.24) is 15.2 Å². The van der Waals surface area contributed by atoms with E-state index in [1.165, 1.54) is 6.26 Å². The van der Waals surface area contributed by atoms with Crippen molar-refractivity contribution in [3.63, 3.8) is 0 Å². The lowest BCUT2D eigenvalue weighted by atomic mass is 9.89. The molecule has 1 saturated heterocycles. The monoisotopic (exact) mass is 341 g/mol. The summed E-state index contributed by atoms with van der Waals surface area (Å²) in [5.74, 6) is 0.386. The zero-order valence-electron chi connectivity index (χ0n) is 14.6. The molecule has 0 atom stereocenters. The molecule has 0 saturated carbocycles. The predicted octanol–water partition coefficient (Wildman–Crippen LogP) is 2.75. The van der Waals surface area contributed by atoms with Crippen molar-refractivity contribution in [2.45, 2.75) is 32.6 Å². The highest BCUT2D eigenvalue weighted by Gasteiger charge is 2.29. The van der Waals surface area contributed by atoms with Crippen molar-refractivity contribution in [3.8, 4) is 0 Å². The summed E-state index contributed by atoms with van der Waals surface area (Å²) in [6, 6.07) is 7.12. The maximum Gasteiger partial charge on any atom is 0.289 e. The third kappa shape index (κ3) is 3.73. The van der Waals surface area contributed by atoms with Crippen LogP contribution < -0.4 is 5.32 Å². The zero-order valence-corrected chi connectivity index (χ0v) is 14.6. The second-order valence-electron chi connectivity index (χ2n) is 6.29. The fraction of sp³-hybridized carbons (Fsp3) is 0.421. The lowest BCUT2D eigenvalue weighted by molar-refractivity contribution is 0.0678. The van der Waals surface area contributed by atoms with E-state index in [0.717, 1.165) is 24.2 Å². The Kier molecular flexibility index (Phi) is 5.16. The molecule has 0 radical (unpaired) electrons. The average Bonchev–Trinajstić information content (AvgIpc) is 3.16. The largest absolute Gasteiger partial charge is 0.459 e. The quantitative estimate of drug-likeness (QED) is 0.928. The molecule has 25 heavy (non-hydrogen) atoms. The summed E-state index contributed by atoms with van der Waals surface area (Å²) in [7, 11) is 0. The molecule has 1 fully saturated rings. The Morgan fingerprint density at radius 1 is 1.28 bits per heavy atom. The molecule has 0 aromatic carbocycles. The van der Waals surface area contributed by atoms with Gasteiger partial charge >= 0.3 is 0 Å². The van der Waals surface area contributed by atoms with Gasteiger partial charge in [-0.05, 0) is 51.0 Å². The van der Waals surface area contributed by atoms with E-state index >= 15 is 0 Å². The third-order valence-corrected chi connectivity index (χ3v) is 4.55. The summed E-state index contributed by atoms with van der Waals surface area (Å²) in [6.45, 7) is 5.68. The van der Waals surface area contributed by atoms with E-state index in [1.807, 2.05) is 26.0 Å². The molecule has 0 aliphatic carbocycles. The van der Waals surface area contributed by atoms with E-state index in [-0.39, 0.29) is 17.7 Å². The first-order valence-electron chi connectivity index (χ1n) is 8.68. The molecule has 0 spiro atoms. The van der Waals surface area contributed by atoms with E-state index in [0.29, 0.717) is 31.0 Å². The van der Waals surface area contributed by atoms with Crippen LogP contribution in [0.15, 0.2) is 34.9 Å². The lowest BCUT2D eigenvalue weighted by Gasteiger charge is -2.32. The fourth-order valence-corrected chi connectivity index (χ4v) is 3.25. The molecule has 132 valence electrons. The maximum absolute atomic E-state index is 12.4. The Morgan fingerprint density at radius 2 is 2.04 bits per heavy atom. The van der Waals surface area contributed by atoms with Gasteiger partial charge in [0.05, 0.1) is 17.5 Å². The highest BCUT2D eigenvalue weighted by Crippen LogP contribution is 2.30. The van der Waals surface area contributed by atoms with Crippen LogP contribution in [0.3, 0.4) is 0 Å². The Hall–Kier alpha value is -2.63. The van der Waals surface area contributed by atoms with Crippen LogP contribution in [0, 0.1) is 6.92 Å². The molecule has 0 bridgehead atoms. The van der Waals surface area contributed by atoms with Gasteiger partial charge in [0.1, 0.15) is 0 Å². The van der Waals surface area contributed by atoms with Crippen LogP contribution in [0.25, 0.3) is 0 Å². The summed E-state index contributed by atoms with van der Waals surface area (Å²) in [6.07, 6.45) is 3.08. The molecule has 6 nitrogen and oxygen atoms in total. The molecule has 1 aliphatic rings. The SMILES string of the molecule is CCNC(=O)c1ccc(C)nc1C1CCN(C(=O)c2ccco2)CC1. The minimum Gasteiger partial charge on any atom is -0.459 e. The standard InChI is InChI=1S/C19H23N3O3/c1-3-20-18(23)15-7-6-13(2)21-17(15)14-8-10-22(11-9-14)19(24)16-5-4-12-25-16/h4-7,12,14H,3,8-11H2,1-2H3,(H,20,23). The molecule has 3 heterocycles. The second-order valence-corrected chi connectivity index (χ2v) is 6.29. The van der Waals surface area contributed by atoms with Crippen LogP contribution in [-0.4, -0.2) is 41.3 Å². The van der Waals surface area contributed by atoms with Crippen LogP contribution in [0.1, 0.15) is 58.0 Å². The molecule has 6 heteroatoms. The summed E-state index contributed by atoms with van der Waals surface area (Å²) in [5, 5.41) is 2.85. The van der Waals surface area contributed by atoms with Gasteiger partial charge in [-0.3, -0.25) is 14.6 Å². The number of nitrogens with one attached hydrogen (secondary N) is 1. The first kappa shape index (κ1) is 17.2. The maximum atomic E-state index is 12.4. The smallest absolute Gasteiger partial charge is 0.289 e. The summed E-state index contributed by atoms with van der Waals surface area (Å²) in [4.78, 5) is 31.1. The molecule has 0 unspecified atom stereocenters. The number of aromatic nitrogens is 1. The van der Waals surface area contributed by atoms with Crippen LogP contribution in [-0.2, 0) is 0 Å². The summed E-state index contributed by atoms with van der Waals surface area (Å²) >= 11 is 0. The Labute approximate surface area is 147 Å². The zero-order chi connectivity index (χ0) is 17.8. The van der Waals surface area contributed by atoms with Gasteiger partial charge in [0.25, 0.3) is 11.8 Å². The van der Waals surface area contributed by atoms with E-state index in [4.69, 9.17) is 4.42 Å². The van der Waals surface area contributed by atoms with Gasteiger partial charge < -0.3 is 14.6 Å². The number of carbonyl (C=O) groups is 2. The Morgan fingerprint density at radius 3 is 2.68 bits per heavy atom. The molecule has 1 N–H and O–H groups in total. The fourth-order valence-electron chi connectivity index (χ4n) is 3.25. The number of hydrogen-bond acceptors (Lipinski definition) is 4. The van der Waals surface area contributed by atoms with Gasteiger partial charge in [-0.2, -0.15) is 0 Å². The van der Waals surface area contributed by atoms with Gasteiger partial charge in [-0.25, -0.2) is 0 Å². The number of furan rings is 1. The van der Waals surface area contributed by atoms with Gasteiger partial charge in [-0.1, -0.05) is 0 Å². The molecule has 3 rings (SSSR count). The van der Waals surface area contributed by atoms with Gasteiger partial charge in [0, 0.05) is 31.2 Å². The van der Waals surface area contributed by atoms with Gasteiger partial charge in [0.2, 0.25) is 0 Å². The van der Waals surface area contributed by atoms with Crippen molar-refractivity contribution in [2.24, 2.45) is 0 Å². The summed E-state index contributed by atoms with van der Waals surface area (Å²) < 4.78 is 5.20. The van der Waals surface area contributed by atoms with E-state index in [1.54, 1.807) is 17.0 Å². The first-order valence-corrected chi connectivity index (χ1v) is 8.68. The van der Waals surface area contributed by atoms with E-state index < -0.39 is 0 Å². The highest BCUT2D eigenvalue weighted by atomic mass is 16.3. The van der Waals surface area contributed by atoms with Crippen molar-refractivity contribution in [3.05, 3.63) is 53.2 Å². The van der Waals surface area contributed by atoms with Crippen molar-refractivity contribution in [1.29, 1.82) is 0 Å². The van der Waals surface area contributed by atoms with Crippen LogP contribution >= 0.6 is 0 Å². The number of hydrogen-bond donors (Lipinski definition) is 1. The molecule has 1 aliphatic heterocycles. The van der Waals surface area contributed by atoms with Crippen LogP contribution in [0.5, 0.6) is 0 Å². The average molecular weight is 341 g/mol. The van der Waals surface area contributed by atoms with E-state index in [9.17, 15) is 9.59 Å². The topological polar surface area (TPSA) is 75.4 Å². The number of aryl methyl sites for hydroxylation is 1. The third-order valence-electron chi connectivity index (χ3n) is 4.55. The van der Waals surface area contributed by atoms with Crippen molar-refractivity contribution in [2.75, 3.05) is 19.6 Å². The van der Waals surface area contributed by atoms with Crippen molar-refractivity contribution < 1.29 is 14.0 Å².